The molecule has 1 fully saturated rings. The summed E-state index contributed by atoms with van der Waals surface area (Å²) in [6, 6.07) is 9.48. The molecular formula is C20H21NO4S2. The molecule has 0 saturated carbocycles. The Labute approximate surface area is 166 Å². The number of benzene rings is 1. The van der Waals surface area contributed by atoms with Gasteiger partial charge in [0.05, 0.1) is 12.2 Å². The minimum Gasteiger partial charge on any atom is -0.477 e. The van der Waals surface area contributed by atoms with Crippen LogP contribution in [0.4, 0.5) is 0 Å². The number of carbonyl (C=O) groups is 2. The molecule has 7 heteroatoms. The fraction of sp³-hybridized carbons (Fsp3) is 0.400. The molecule has 0 bridgehead atoms. The molecule has 2 aromatic rings. The van der Waals surface area contributed by atoms with Crippen molar-refractivity contribution in [3.05, 3.63) is 51.2 Å². The number of fused-ring (bicyclic) bond motifs is 2. The van der Waals surface area contributed by atoms with E-state index in [0.29, 0.717) is 43.0 Å². The van der Waals surface area contributed by atoms with Crippen molar-refractivity contribution in [2.45, 2.75) is 29.8 Å². The fourth-order valence-electron chi connectivity index (χ4n) is 3.92. The van der Waals surface area contributed by atoms with Gasteiger partial charge in [-0.1, -0.05) is 0 Å². The van der Waals surface area contributed by atoms with Crippen molar-refractivity contribution in [3.8, 4) is 0 Å². The minimum absolute atomic E-state index is 0.0464. The highest BCUT2D eigenvalue weighted by atomic mass is 32.2. The fourth-order valence-corrected chi connectivity index (χ4v) is 5.40. The number of piperidine rings is 1. The Morgan fingerprint density at radius 1 is 1.22 bits per heavy atom. The van der Waals surface area contributed by atoms with E-state index >= 15 is 0 Å². The maximum Gasteiger partial charge on any atom is 0.345 e. The van der Waals surface area contributed by atoms with E-state index in [2.05, 4.69) is 0 Å². The van der Waals surface area contributed by atoms with Crippen LogP contribution < -0.4 is 0 Å². The van der Waals surface area contributed by atoms with Crippen LogP contribution in [0.2, 0.25) is 0 Å². The predicted molar refractivity (Wildman–Crippen MR) is 106 cm³/mol. The minimum atomic E-state index is -0.883. The van der Waals surface area contributed by atoms with Gasteiger partial charge in [-0.3, -0.25) is 4.79 Å². The number of amides is 1. The third-order valence-corrected chi connectivity index (χ3v) is 7.34. The second kappa shape index (κ2) is 7.30. The largest absolute Gasteiger partial charge is 0.477 e. The Morgan fingerprint density at radius 2 is 1.93 bits per heavy atom. The summed E-state index contributed by atoms with van der Waals surface area (Å²) in [7, 11) is 0. The lowest BCUT2D eigenvalue weighted by Gasteiger charge is -2.44. The molecule has 0 unspecified atom stereocenters. The lowest BCUT2D eigenvalue weighted by atomic mass is 9.82. The monoisotopic (exact) mass is 403 g/mol. The van der Waals surface area contributed by atoms with E-state index in [1.807, 2.05) is 35.4 Å². The van der Waals surface area contributed by atoms with Gasteiger partial charge in [-0.25, -0.2) is 4.79 Å². The molecule has 1 aromatic heterocycles. The van der Waals surface area contributed by atoms with E-state index < -0.39 is 11.6 Å². The molecular weight excluding hydrogens is 382 g/mol. The number of aromatic carboxylic acids is 1. The molecule has 0 atom stereocenters. The number of ether oxygens (including phenoxy) is 1. The van der Waals surface area contributed by atoms with Gasteiger partial charge in [0.15, 0.2) is 0 Å². The van der Waals surface area contributed by atoms with Crippen molar-refractivity contribution in [2.75, 3.05) is 26.0 Å². The topological polar surface area (TPSA) is 66.8 Å². The average Bonchev–Trinajstić information content (AvgIpc) is 3.15. The smallest absolute Gasteiger partial charge is 0.345 e. The molecule has 27 heavy (non-hydrogen) atoms. The number of carboxylic acids is 1. The van der Waals surface area contributed by atoms with Crippen LogP contribution in [0.25, 0.3) is 0 Å². The second-order valence-electron chi connectivity index (χ2n) is 6.87. The third-order valence-electron chi connectivity index (χ3n) is 5.41. The van der Waals surface area contributed by atoms with Crippen LogP contribution in [-0.2, 0) is 16.8 Å². The lowest BCUT2D eigenvalue weighted by molar-refractivity contribution is -0.0926. The zero-order valence-corrected chi connectivity index (χ0v) is 16.7. The molecule has 2 aliphatic rings. The van der Waals surface area contributed by atoms with Gasteiger partial charge >= 0.3 is 5.97 Å². The first-order chi connectivity index (χ1) is 13.0. The Bertz CT molecular complexity index is 867. The number of thiophene rings is 1. The summed E-state index contributed by atoms with van der Waals surface area (Å²) in [6.07, 6.45) is 4.17. The SMILES string of the molecule is CSc1ccc(C(=O)N2CCC3(CC2)OCCc2sc(C(=O)O)cc23)cc1. The molecule has 1 saturated heterocycles. The number of hydrogen-bond acceptors (Lipinski definition) is 5. The van der Waals surface area contributed by atoms with Crippen LogP contribution in [-0.4, -0.2) is 47.8 Å². The molecule has 1 spiro atoms. The Morgan fingerprint density at radius 3 is 2.56 bits per heavy atom. The maximum atomic E-state index is 12.8. The molecule has 1 amide bonds. The third kappa shape index (κ3) is 3.39. The molecule has 2 aliphatic heterocycles. The lowest BCUT2D eigenvalue weighted by Crippen LogP contribution is -2.48. The first-order valence-corrected chi connectivity index (χ1v) is 11.0. The summed E-state index contributed by atoms with van der Waals surface area (Å²) < 4.78 is 6.16. The maximum absolute atomic E-state index is 12.8. The van der Waals surface area contributed by atoms with Gasteiger partial charge in [-0.05, 0) is 55.0 Å². The molecule has 3 heterocycles. The van der Waals surface area contributed by atoms with Crippen LogP contribution in [0.5, 0.6) is 0 Å². The van der Waals surface area contributed by atoms with E-state index in [4.69, 9.17) is 4.74 Å². The summed E-state index contributed by atoms with van der Waals surface area (Å²) >= 11 is 3.01. The van der Waals surface area contributed by atoms with Gasteiger partial charge in [-0.2, -0.15) is 0 Å². The number of likely N-dealkylation sites (tertiary alicyclic amines) is 1. The van der Waals surface area contributed by atoms with Gasteiger partial charge in [0, 0.05) is 34.8 Å². The second-order valence-corrected chi connectivity index (χ2v) is 8.88. The van der Waals surface area contributed by atoms with E-state index in [1.165, 1.54) is 11.3 Å². The molecule has 0 aliphatic carbocycles. The Balaban J connectivity index is 1.50. The van der Waals surface area contributed by atoms with Gasteiger partial charge in [0.1, 0.15) is 4.88 Å². The number of carboxylic acid groups (broad SMARTS) is 1. The van der Waals surface area contributed by atoms with Crippen molar-refractivity contribution in [2.24, 2.45) is 0 Å². The summed E-state index contributed by atoms with van der Waals surface area (Å²) in [5.74, 6) is -0.837. The molecule has 1 N–H and O–H groups in total. The quantitative estimate of drug-likeness (QED) is 0.788. The zero-order valence-electron chi connectivity index (χ0n) is 15.1. The molecule has 0 radical (unpaired) electrons. The van der Waals surface area contributed by atoms with Crippen molar-refractivity contribution >= 4 is 35.0 Å². The predicted octanol–water partition coefficient (Wildman–Crippen LogP) is 3.87. The Hall–Kier alpha value is -1.83. The summed E-state index contributed by atoms with van der Waals surface area (Å²) in [6.45, 7) is 1.83. The number of nitrogens with zero attached hydrogens (tertiary/aromatic N) is 1. The van der Waals surface area contributed by atoms with Gasteiger partial charge in [0.25, 0.3) is 5.91 Å². The highest BCUT2D eigenvalue weighted by molar-refractivity contribution is 7.98. The number of hydrogen-bond donors (Lipinski definition) is 1. The van der Waals surface area contributed by atoms with Crippen molar-refractivity contribution in [1.29, 1.82) is 0 Å². The van der Waals surface area contributed by atoms with E-state index in [0.717, 1.165) is 21.8 Å². The van der Waals surface area contributed by atoms with Crippen LogP contribution in [0.15, 0.2) is 35.2 Å². The van der Waals surface area contributed by atoms with Gasteiger partial charge in [-0.15, -0.1) is 23.1 Å². The molecule has 142 valence electrons. The van der Waals surface area contributed by atoms with Crippen LogP contribution in [0, 0.1) is 0 Å². The highest BCUT2D eigenvalue weighted by Crippen LogP contribution is 2.44. The molecule has 1 aromatic carbocycles. The number of rotatable bonds is 3. The summed E-state index contributed by atoms with van der Waals surface area (Å²) in [4.78, 5) is 28.7. The first kappa shape index (κ1) is 18.5. The highest BCUT2D eigenvalue weighted by Gasteiger charge is 2.43. The number of thioether (sulfide) groups is 1. The van der Waals surface area contributed by atoms with Crippen molar-refractivity contribution in [3.63, 3.8) is 0 Å². The Kier molecular flexibility index (Phi) is 5.01. The van der Waals surface area contributed by atoms with Crippen LogP contribution in [0.1, 0.15) is 43.3 Å². The van der Waals surface area contributed by atoms with E-state index in [-0.39, 0.29) is 5.91 Å². The van der Waals surface area contributed by atoms with Crippen molar-refractivity contribution in [1.82, 2.24) is 4.90 Å². The van der Waals surface area contributed by atoms with E-state index in [9.17, 15) is 14.7 Å². The standard InChI is InChI=1S/C20H21NO4S2/c1-26-14-4-2-13(3-5-14)18(22)21-9-7-20(8-10-21)15-12-17(19(23)24)27-16(15)6-11-25-20/h2-5,12H,6-11H2,1H3,(H,23,24). The number of carbonyl (C=O) groups excluding carboxylic acids is 1. The van der Waals surface area contributed by atoms with E-state index in [1.54, 1.807) is 17.8 Å². The molecule has 4 rings (SSSR count). The zero-order chi connectivity index (χ0) is 19.0. The van der Waals surface area contributed by atoms with Gasteiger partial charge in [0.2, 0.25) is 0 Å². The normalized spacial score (nSPS) is 18.3. The van der Waals surface area contributed by atoms with Crippen molar-refractivity contribution < 1.29 is 19.4 Å². The first-order valence-electron chi connectivity index (χ1n) is 8.96. The van der Waals surface area contributed by atoms with Gasteiger partial charge < -0.3 is 14.7 Å². The summed E-state index contributed by atoms with van der Waals surface area (Å²) in [5, 5.41) is 9.31. The van der Waals surface area contributed by atoms with Crippen LogP contribution >= 0.6 is 23.1 Å². The average molecular weight is 404 g/mol. The molecule has 5 nitrogen and oxygen atoms in total. The summed E-state index contributed by atoms with van der Waals surface area (Å²) in [5.41, 5.74) is 1.28. The van der Waals surface area contributed by atoms with Crippen LogP contribution in [0.3, 0.4) is 0 Å².